The number of amides is 3. The number of hydrogen-bond donors (Lipinski definition) is 2. The largest absolute Gasteiger partial charge is 0.347 e. The number of para-hydroxylation sites is 1. The van der Waals surface area contributed by atoms with Gasteiger partial charge in [-0.3, -0.25) is 14.4 Å². The topological polar surface area (TPSA) is 78.5 Å². The molecule has 6 nitrogen and oxygen atoms in total. The molecule has 2 atom stereocenters. The molecule has 2 unspecified atom stereocenters. The number of carbonyl (C=O) groups is 3. The lowest BCUT2D eigenvalue weighted by Crippen LogP contribution is -2.38. The molecule has 1 aliphatic heterocycles. The highest BCUT2D eigenvalue weighted by atomic mass is 19.2. The zero-order valence-electron chi connectivity index (χ0n) is 17.8. The van der Waals surface area contributed by atoms with E-state index in [1.165, 1.54) is 0 Å². The van der Waals surface area contributed by atoms with E-state index in [0.29, 0.717) is 6.07 Å². The summed E-state index contributed by atoms with van der Waals surface area (Å²) in [7, 11) is 0. The van der Waals surface area contributed by atoms with Crippen LogP contribution in [-0.4, -0.2) is 30.8 Å². The molecular formula is C23H24F3N3O3. The van der Waals surface area contributed by atoms with Crippen molar-refractivity contribution in [1.29, 1.82) is 0 Å². The van der Waals surface area contributed by atoms with Crippen LogP contribution in [0.25, 0.3) is 0 Å². The number of anilines is 2. The molecule has 0 radical (unpaired) electrons. The molecule has 0 aliphatic carbocycles. The van der Waals surface area contributed by atoms with Gasteiger partial charge in [0.2, 0.25) is 17.7 Å². The number of hydrogen-bond acceptors (Lipinski definition) is 3. The van der Waals surface area contributed by atoms with Crippen molar-refractivity contribution < 1.29 is 27.6 Å². The number of nitrogens with zero attached hydrogens (tertiary/aromatic N) is 1. The van der Waals surface area contributed by atoms with E-state index in [1.807, 2.05) is 24.3 Å². The van der Waals surface area contributed by atoms with Crippen LogP contribution in [0.4, 0.5) is 24.5 Å². The summed E-state index contributed by atoms with van der Waals surface area (Å²) in [6, 6.07) is 9.13. The second kappa shape index (κ2) is 9.84. The minimum atomic E-state index is -1.70. The molecule has 1 heterocycles. The molecule has 0 bridgehead atoms. The van der Waals surface area contributed by atoms with Crippen molar-refractivity contribution >= 4 is 29.1 Å². The van der Waals surface area contributed by atoms with Gasteiger partial charge in [-0.05, 0) is 36.1 Å². The highest BCUT2D eigenvalue weighted by Gasteiger charge is 2.36. The first-order chi connectivity index (χ1) is 15.2. The van der Waals surface area contributed by atoms with Gasteiger partial charge in [-0.1, -0.05) is 32.0 Å². The molecule has 32 heavy (non-hydrogen) atoms. The van der Waals surface area contributed by atoms with Crippen LogP contribution in [0.15, 0.2) is 36.4 Å². The van der Waals surface area contributed by atoms with E-state index in [2.05, 4.69) is 24.5 Å². The average Bonchev–Trinajstić information content (AvgIpc) is 3.18. The lowest BCUT2D eigenvalue weighted by atomic mass is 9.96. The summed E-state index contributed by atoms with van der Waals surface area (Å²) in [4.78, 5) is 38.7. The second-order valence-electron chi connectivity index (χ2n) is 7.76. The van der Waals surface area contributed by atoms with Crippen LogP contribution >= 0.6 is 0 Å². The Morgan fingerprint density at radius 3 is 2.56 bits per heavy atom. The highest BCUT2D eigenvalue weighted by molar-refractivity contribution is 6.02. The van der Waals surface area contributed by atoms with Crippen LogP contribution in [0, 0.1) is 23.4 Å². The van der Waals surface area contributed by atoms with Gasteiger partial charge in [0.1, 0.15) is 0 Å². The molecule has 9 heteroatoms. The van der Waals surface area contributed by atoms with Gasteiger partial charge in [-0.25, -0.2) is 13.2 Å². The van der Waals surface area contributed by atoms with Crippen molar-refractivity contribution in [3.63, 3.8) is 0 Å². The van der Waals surface area contributed by atoms with Crippen LogP contribution in [0.3, 0.4) is 0 Å². The van der Waals surface area contributed by atoms with Crippen molar-refractivity contribution in [2.24, 2.45) is 5.92 Å². The molecule has 0 spiro atoms. The number of nitrogens with one attached hydrogen (secondary N) is 2. The van der Waals surface area contributed by atoms with Gasteiger partial charge in [-0.2, -0.15) is 0 Å². The molecule has 0 aromatic heterocycles. The highest BCUT2D eigenvalue weighted by Crippen LogP contribution is 2.33. The summed E-state index contributed by atoms with van der Waals surface area (Å²) in [5, 5.41) is 4.49. The molecule has 0 saturated carbocycles. The average molecular weight is 447 g/mol. The molecule has 1 fully saturated rings. The van der Waals surface area contributed by atoms with Crippen molar-refractivity contribution in [2.75, 3.05) is 23.3 Å². The van der Waals surface area contributed by atoms with Gasteiger partial charge in [0.05, 0.1) is 18.2 Å². The normalized spacial score (nSPS) is 16.7. The molecule has 2 N–H and O–H groups in total. The lowest BCUT2D eigenvalue weighted by molar-refractivity contribution is -0.127. The van der Waals surface area contributed by atoms with E-state index >= 15 is 0 Å². The lowest BCUT2D eigenvalue weighted by Gasteiger charge is -2.23. The third kappa shape index (κ3) is 4.92. The molecule has 3 rings (SSSR count). The van der Waals surface area contributed by atoms with Crippen molar-refractivity contribution in [3.8, 4) is 0 Å². The van der Waals surface area contributed by atoms with Gasteiger partial charge in [-0.15, -0.1) is 0 Å². The van der Waals surface area contributed by atoms with E-state index < -0.39 is 47.4 Å². The molecular weight excluding hydrogens is 423 g/mol. The quantitative estimate of drug-likeness (QED) is 0.635. The molecule has 2 aromatic rings. The van der Waals surface area contributed by atoms with E-state index in [1.54, 1.807) is 4.90 Å². The summed E-state index contributed by atoms with van der Waals surface area (Å²) in [6.45, 7) is 3.79. The minimum absolute atomic E-state index is 0.0000934. The summed E-state index contributed by atoms with van der Waals surface area (Å²) in [5.41, 5.74) is 1.26. The van der Waals surface area contributed by atoms with Gasteiger partial charge in [0.25, 0.3) is 0 Å². The molecule has 3 amide bonds. The first-order valence-corrected chi connectivity index (χ1v) is 10.3. The summed E-state index contributed by atoms with van der Waals surface area (Å²) < 4.78 is 39.9. The van der Waals surface area contributed by atoms with Gasteiger partial charge < -0.3 is 15.5 Å². The van der Waals surface area contributed by atoms with Crippen LogP contribution in [-0.2, 0) is 14.4 Å². The summed E-state index contributed by atoms with van der Waals surface area (Å²) >= 11 is 0. The Morgan fingerprint density at radius 2 is 1.84 bits per heavy atom. The molecule has 2 aromatic carbocycles. The van der Waals surface area contributed by atoms with E-state index in [-0.39, 0.29) is 24.8 Å². The van der Waals surface area contributed by atoms with Crippen LogP contribution in [0.2, 0.25) is 0 Å². The van der Waals surface area contributed by atoms with Gasteiger partial charge in [0.15, 0.2) is 17.5 Å². The predicted molar refractivity (Wildman–Crippen MR) is 114 cm³/mol. The maximum Gasteiger partial charge on any atom is 0.243 e. The summed E-state index contributed by atoms with van der Waals surface area (Å²) in [5.74, 6) is -6.51. The maximum absolute atomic E-state index is 13.7. The first kappa shape index (κ1) is 23.3. The Kier molecular flexibility index (Phi) is 7.17. The second-order valence-corrected chi connectivity index (χ2v) is 7.76. The number of halogens is 3. The Balaban J connectivity index is 1.60. The predicted octanol–water partition coefficient (Wildman–Crippen LogP) is 3.73. The Bertz CT molecular complexity index is 1040. The van der Waals surface area contributed by atoms with Gasteiger partial charge >= 0.3 is 0 Å². The fourth-order valence-corrected chi connectivity index (χ4v) is 3.61. The van der Waals surface area contributed by atoms with E-state index in [4.69, 9.17) is 0 Å². The zero-order valence-corrected chi connectivity index (χ0v) is 17.8. The van der Waals surface area contributed by atoms with Crippen LogP contribution in [0.5, 0.6) is 0 Å². The van der Waals surface area contributed by atoms with E-state index in [0.717, 1.165) is 23.7 Å². The SMILES string of the molecule is CCC(C)c1ccccc1N1CC(C(=O)NCC(=O)Nc2ccc(F)c(F)c2F)CC1=O. The minimum Gasteiger partial charge on any atom is -0.347 e. The third-order valence-electron chi connectivity index (χ3n) is 5.60. The van der Waals surface area contributed by atoms with Crippen LogP contribution in [0.1, 0.15) is 38.2 Å². The van der Waals surface area contributed by atoms with Crippen molar-refractivity contribution in [2.45, 2.75) is 32.6 Å². The molecule has 1 saturated heterocycles. The van der Waals surface area contributed by atoms with Crippen LogP contribution < -0.4 is 15.5 Å². The Hall–Kier alpha value is -3.36. The third-order valence-corrected chi connectivity index (χ3v) is 5.60. The fraction of sp³-hybridized carbons (Fsp3) is 0.348. The standard InChI is InChI=1S/C23H24F3N3O3/c1-3-13(2)15-6-4-5-7-18(15)29-12-14(10-20(29)31)23(32)27-11-19(30)28-17-9-8-16(24)21(25)22(17)26/h4-9,13-14H,3,10-12H2,1-2H3,(H,27,32)(H,28,30). The van der Waals surface area contributed by atoms with Crippen molar-refractivity contribution in [3.05, 3.63) is 59.4 Å². The number of carbonyl (C=O) groups excluding carboxylic acids is 3. The van der Waals surface area contributed by atoms with E-state index in [9.17, 15) is 27.6 Å². The van der Waals surface area contributed by atoms with Crippen molar-refractivity contribution in [1.82, 2.24) is 5.32 Å². The van der Waals surface area contributed by atoms with Gasteiger partial charge in [0, 0.05) is 18.7 Å². The number of benzene rings is 2. The maximum atomic E-state index is 13.7. The first-order valence-electron chi connectivity index (χ1n) is 10.3. The molecule has 1 aliphatic rings. The molecule has 170 valence electrons. The fourth-order valence-electron chi connectivity index (χ4n) is 3.61. The Morgan fingerprint density at radius 1 is 1.12 bits per heavy atom. The smallest absolute Gasteiger partial charge is 0.243 e. The summed E-state index contributed by atoms with van der Waals surface area (Å²) in [6.07, 6.45) is 0.900. The monoisotopic (exact) mass is 447 g/mol. The Labute approximate surface area is 183 Å². The number of rotatable bonds is 7. The zero-order chi connectivity index (χ0) is 23.4.